The Morgan fingerprint density at radius 1 is 1.23 bits per heavy atom. The zero-order chi connectivity index (χ0) is 22.5. The maximum atomic E-state index is 14.1. The molecule has 1 unspecified atom stereocenters. The second-order valence-corrected chi connectivity index (χ2v) is 7.82. The van der Waals surface area contributed by atoms with Crippen LogP contribution in [0.3, 0.4) is 0 Å². The SMILES string of the molecule is Cc1ccc(NC(=O)NCC2CCCN(C(=O)c3cc(F)c(C)c([N+](=O)[O-])c3)C2)cc1. The number of urea groups is 1. The number of benzene rings is 2. The van der Waals surface area contributed by atoms with Gasteiger partial charge in [0.25, 0.3) is 11.6 Å². The topological polar surface area (TPSA) is 105 Å². The van der Waals surface area contributed by atoms with Gasteiger partial charge in [0.15, 0.2) is 0 Å². The van der Waals surface area contributed by atoms with Crippen molar-refractivity contribution in [2.24, 2.45) is 5.92 Å². The number of likely N-dealkylation sites (tertiary alicyclic amines) is 1. The van der Waals surface area contributed by atoms with Gasteiger partial charge in [-0.1, -0.05) is 17.7 Å². The second kappa shape index (κ2) is 9.55. The van der Waals surface area contributed by atoms with E-state index in [4.69, 9.17) is 0 Å². The number of nitro benzene ring substituents is 1. The van der Waals surface area contributed by atoms with Crippen LogP contribution in [-0.4, -0.2) is 41.4 Å². The maximum Gasteiger partial charge on any atom is 0.319 e. The van der Waals surface area contributed by atoms with E-state index in [0.29, 0.717) is 25.3 Å². The Bertz CT molecular complexity index is 994. The number of nitrogens with zero attached hydrogens (tertiary/aromatic N) is 2. The van der Waals surface area contributed by atoms with Gasteiger partial charge in [0.1, 0.15) is 5.82 Å². The summed E-state index contributed by atoms with van der Waals surface area (Å²) in [7, 11) is 0. The summed E-state index contributed by atoms with van der Waals surface area (Å²) in [5.41, 5.74) is 1.23. The van der Waals surface area contributed by atoms with Crippen LogP contribution >= 0.6 is 0 Å². The predicted molar refractivity (Wildman–Crippen MR) is 115 cm³/mol. The molecule has 1 aliphatic rings. The molecular weight excluding hydrogens is 403 g/mol. The largest absolute Gasteiger partial charge is 0.338 e. The van der Waals surface area contributed by atoms with Crippen LogP contribution in [0.4, 0.5) is 20.6 Å². The summed E-state index contributed by atoms with van der Waals surface area (Å²) >= 11 is 0. The molecule has 0 saturated carbocycles. The summed E-state index contributed by atoms with van der Waals surface area (Å²) in [5, 5.41) is 16.7. The normalized spacial score (nSPS) is 16.0. The zero-order valence-corrected chi connectivity index (χ0v) is 17.5. The molecule has 1 atom stereocenters. The lowest BCUT2D eigenvalue weighted by Gasteiger charge is -2.33. The lowest BCUT2D eigenvalue weighted by Crippen LogP contribution is -2.44. The first-order chi connectivity index (χ1) is 14.7. The average Bonchev–Trinajstić information content (AvgIpc) is 2.75. The highest BCUT2D eigenvalue weighted by atomic mass is 19.1. The Morgan fingerprint density at radius 2 is 1.94 bits per heavy atom. The molecule has 0 bridgehead atoms. The van der Waals surface area contributed by atoms with Crippen LogP contribution in [0.25, 0.3) is 0 Å². The van der Waals surface area contributed by atoms with Crippen LogP contribution in [0.5, 0.6) is 0 Å². The van der Waals surface area contributed by atoms with Gasteiger partial charge in [0.05, 0.1) is 10.5 Å². The highest BCUT2D eigenvalue weighted by Crippen LogP contribution is 2.25. The fraction of sp³-hybridized carbons (Fsp3) is 0.364. The fourth-order valence-corrected chi connectivity index (χ4v) is 3.63. The van der Waals surface area contributed by atoms with Crippen LogP contribution in [0.2, 0.25) is 0 Å². The van der Waals surface area contributed by atoms with Gasteiger partial charge in [0.2, 0.25) is 0 Å². The number of halogens is 1. The molecule has 9 heteroatoms. The third kappa shape index (κ3) is 5.56. The van der Waals surface area contributed by atoms with Gasteiger partial charge in [-0.3, -0.25) is 14.9 Å². The van der Waals surface area contributed by atoms with Gasteiger partial charge in [-0.2, -0.15) is 0 Å². The summed E-state index contributed by atoms with van der Waals surface area (Å²) in [4.78, 5) is 37.0. The van der Waals surface area contributed by atoms with Gasteiger partial charge >= 0.3 is 6.03 Å². The van der Waals surface area contributed by atoms with E-state index in [2.05, 4.69) is 10.6 Å². The Balaban J connectivity index is 1.59. The third-order valence-electron chi connectivity index (χ3n) is 5.43. The summed E-state index contributed by atoms with van der Waals surface area (Å²) in [6.07, 6.45) is 1.56. The predicted octanol–water partition coefficient (Wildman–Crippen LogP) is 4.02. The van der Waals surface area contributed by atoms with Crippen LogP contribution in [0, 0.1) is 35.7 Å². The van der Waals surface area contributed by atoms with E-state index in [0.717, 1.165) is 30.5 Å². The Hall–Kier alpha value is -3.49. The van der Waals surface area contributed by atoms with Crippen molar-refractivity contribution in [3.63, 3.8) is 0 Å². The van der Waals surface area contributed by atoms with E-state index in [1.807, 2.05) is 31.2 Å². The molecular formula is C22H25FN4O4. The molecule has 0 aliphatic carbocycles. The van der Waals surface area contributed by atoms with E-state index in [-0.39, 0.29) is 23.1 Å². The van der Waals surface area contributed by atoms with E-state index >= 15 is 0 Å². The molecule has 1 heterocycles. The molecule has 0 spiro atoms. The van der Waals surface area contributed by atoms with Crippen molar-refractivity contribution in [1.82, 2.24) is 10.2 Å². The molecule has 1 saturated heterocycles. The summed E-state index contributed by atoms with van der Waals surface area (Å²) < 4.78 is 14.1. The van der Waals surface area contributed by atoms with Crippen LogP contribution in [-0.2, 0) is 0 Å². The van der Waals surface area contributed by atoms with Crippen molar-refractivity contribution in [3.8, 4) is 0 Å². The first kappa shape index (κ1) is 22.2. The number of hydrogen-bond donors (Lipinski definition) is 2. The minimum absolute atomic E-state index is 0.0340. The van der Waals surface area contributed by atoms with Crippen molar-refractivity contribution >= 4 is 23.3 Å². The lowest BCUT2D eigenvalue weighted by molar-refractivity contribution is -0.385. The monoisotopic (exact) mass is 428 g/mol. The number of nitro groups is 1. The highest BCUT2D eigenvalue weighted by Gasteiger charge is 2.27. The molecule has 8 nitrogen and oxygen atoms in total. The first-order valence-electron chi connectivity index (χ1n) is 10.1. The number of piperidine rings is 1. The van der Waals surface area contributed by atoms with Gasteiger partial charge in [-0.15, -0.1) is 0 Å². The standard InChI is InChI=1S/C22H25FN4O4/c1-14-5-7-18(8-6-14)25-22(29)24-12-16-4-3-9-26(13-16)21(28)17-10-19(23)15(2)20(11-17)27(30)31/h5-8,10-11,16H,3-4,9,12-13H2,1-2H3,(H2,24,25,29). The molecule has 3 amide bonds. The number of hydrogen-bond acceptors (Lipinski definition) is 4. The van der Waals surface area contributed by atoms with Crippen LogP contribution in [0.15, 0.2) is 36.4 Å². The molecule has 0 radical (unpaired) electrons. The Kier molecular flexibility index (Phi) is 6.84. The van der Waals surface area contributed by atoms with Crippen molar-refractivity contribution in [2.45, 2.75) is 26.7 Å². The van der Waals surface area contributed by atoms with E-state index in [9.17, 15) is 24.1 Å². The van der Waals surface area contributed by atoms with E-state index < -0.39 is 22.3 Å². The van der Waals surface area contributed by atoms with Crippen molar-refractivity contribution in [2.75, 3.05) is 25.0 Å². The van der Waals surface area contributed by atoms with Crippen molar-refractivity contribution in [3.05, 3.63) is 69.0 Å². The molecule has 2 aromatic carbocycles. The summed E-state index contributed by atoms with van der Waals surface area (Å²) in [6, 6.07) is 9.27. The Labute approximate surface area is 179 Å². The minimum atomic E-state index is -0.777. The highest BCUT2D eigenvalue weighted by molar-refractivity contribution is 5.95. The molecule has 1 aliphatic heterocycles. The zero-order valence-electron chi connectivity index (χ0n) is 17.5. The fourth-order valence-electron chi connectivity index (χ4n) is 3.63. The van der Waals surface area contributed by atoms with E-state index in [1.165, 1.54) is 6.92 Å². The molecule has 31 heavy (non-hydrogen) atoms. The quantitative estimate of drug-likeness (QED) is 0.554. The lowest BCUT2D eigenvalue weighted by atomic mass is 9.97. The first-order valence-corrected chi connectivity index (χ1v) is 10.1. The summed E-state index contributed by atoms with van der Waals surface area (Å²) in [6.45, 7) is 4.51. The minimum Gasteiger partial charge on any atom is -0.338 e. The second-order valence-electron chi connectivity index (χ2n) is 7.82. The molecule has 2 aromatic rings. The molecule has 0 aromatic heterocycles. The number of carbonyl (C=O) groups excluding carboxylic acids is 2. The number of amides is 3. The number of rotatable bonds is 5. The molecule has 1 fully saturated rings. The maximum absolute atomic E-state index is 14.1. The number of aryl methyl sites for hydroxylation is 1. The van der Waals surface area contributed by atoms with Gasteiger partial charge in [0, 0.05) is 37.0 Å². The average molecular weight is 428 g/mol. The van der Waals surface area contributed by atoms with Crippen molar-refractivity contribution < 1.29 is 18.9 Å². The molecule has 3 rings (SSSR count). The Morgan fingerprint density at radius 3 is 2.61 bits per heavy atom. The van der Waals surface area contributed by atoms with Crippen LogP contribution in [0.1, 0.15) is 34.3 Å². The number of carbonyl (C=O) groups is 2. The summed E-state index contributed by atoms with van der Waals surface area (Å²) in [5.74, 6) is -1.19. The van der Waals surface area contributed by atoms with Crippen molar-refractivity contribution in [1.29, 1.82) is 0 Å². The van der Waals surface area contributed by atoms with Gasteiger partial charge in [-0.05, 0) is 50.8 Å². The van der Waals surface area contributed by atoms with Gasteiger partial charge in [-0.25, -0.2) is 9.18 Å². The smallest absolute Gasteiger partial charge is 0.319 e. The van der Waals surface area contributed by atoms with Gasteiger partial charge < -0.3 is 15.5 Å². The number of anilines is 1. The third-order valence-corrected chi connectivity index (χ3v) is 5.43. The van der Waals surface area contributed by atoms with Crippen LogP contribution < -0.4 is 10.6 Å². The molecule has 164 valence electrons. The molecule has 2 N–H and O–H groups in total. The van der Waals surface area contributed by atoms with E-state index in [1.54, 1.807) is 4.90 Å². The number of nitrogens with one attached hydrogen (secondary N) is 2.